The lowest BCUT2D eigenvalue weighted by atomic mass is 10.1. The number of benzene rings is 2. The number of aromatic nitrogens is 3. The van der Waals surface area contributed by atoms with Gasteiger partial charge in [0, 0.05) is 5.56 Å². The average molecular weight is 352 g/mol. The molecule has 7 heteroatoms. The first-order valence-electron chi connectivity index (χ1n) is 7.58. The van der Waals surface area contributed by atoms with Crippen molar-refractivity contribution in [2.24, 2.45) is 0 Å². The van der Waals surface area contributed by atoms with E-state index in [1.54, 1.807) is 18.2 Å². The standard InChI is InChI=1S/C18H13FN4OS/c1-10-2-7-13-16(8-10)25-18(20-13)21-17(24)15-9-14(22-23-15)11-3-5-12(19)6-4-11/h2-9H,1H3,(H,22,23)(H,20,21,24). The third-order valence-corrected chi connectivity index (χ3v) is 4.66. The number of carbonyl (C=O) groups is 1. The van der Waals surface area contributed by atoms with E-state index in [2.05, 4.69) is 20.5 Å². The molecule has 5 nitrogen and oxygen atoms in total. The quantitative estimate of drug-likeness (QED) is 0.574. The normalized spacial score (nSPS) is 11.0. The summed E-state index contributed by atoms with van der Waals surface area (Å²) in [5.74, 6) is -0.639. The van der Waals surface area contributed by atoms with Crippen LogP contribution in [-0.4, -0.2) is 21.1 Å². The molecule has 0 bridgehead atoms. The van der Waals surface area contributed by atoms with Crippen molar-refractivity contribution < 1.29 is 9.18 Å². The molecule has 2 N–H and O–H groups in total. The number of rotatable bonds is 3. The number of aromatic amines is 1. The van der Waals surface area contributed by atoms with Crippen LogP contribution < -0.4 is 5.32 Å². The molecule has 0 aliphatic heterocycles. The second kappa shape index (κ2) is 6.10. The average Bonchev–Trinajstić information content (AvgIpc) is 3.21. The van der Waals surface area contributed by atoms with Crippen molar-refractivity contribution in [3.63, 3.8) is 0 Å². The maximum atomic E-state index is 13.0. The molecule has 124 valence electrons. The van der Waals surface area contributed by atoms with Crippen LogP contribution in [0.4, 0.5) is 9.52 Å². The van der Waals surface area contributed by atoms with E-state index < -0.39 is 0 Å². The highest BCUT2D eigenvalue weighted by Crippen LogP contribution is 2.27. The third-order valence-electron chi connectivity index (χ3n) is 3.73. The number of hydrogen-bond donors (Lipinski definition) is 2. The van der Waals surface area contributed by atoms with Crippen LogP contribution in [-0.2, 0) is 0 Å². The van der Waals surface area contributed by atoms with Crippen LogP contribution >= 0.6 is 11.3 Å². The summed E-state index contributed by atoms with van der Waals surface area (Å²) in [6.45, 7) is 2.01. The molecule has 0 aliphatic rings. The molecular formula is C18H13FN4OS. The van der Waals surface area contributed by atoms with Gasteiger partial charge in [0.05, 0.1) is 15.9 Å². The summed E-state index contributed by atoms with van der Waals surface area (Å²) in [4.78, 5) is 16.8. The summed E-state index contributed by atoms with van der Waals surface area (Å²) in [6, 6.07) is 13.5. The van der Waals surface area contributed by atoms with Crippen LogP contribution in [0.2, 0.25) is 0 Å². The molecule has 0 radical (unpaired) electrons. The number of aryl methyl sites for hydroxylation is 1. The van der Waals surface area contributed by atoms with Gasteiger partial charge in [-0.3, -0.25) is 15.2 Å². The molecule has 2 heterocycles. The summed E-state index contributed by atoms with van der Waals surface area (Å²) >= 11 is 1.42. The highest BCUT2D eigenvalue weighted by molar-refractivity contribution is 7.22. The minimum absolute atomic E-state index is 0.315. The summed E-state index contributed by atoms with van der Waals surface area (Å²) in [5, 5.41) is 10.1. The maximum Gasteiger partial charge on any atom is 0.275 e. The fraction of sp³-hybridized carbons (Fsp3) is 0.0556. The second-order valence-electron chi connectivity index (χ2n) is 5.62. The number of nitrogens with zero attached hydrogens (tertiary/aromatic N) is 2. The van der Waals surface area contributed by atoms with Crippen molar-refractivity contribution in [2.75, 3.05) is 5.32 Å². The van der Waals surface area contributed by atoms with E-state index in [4.69, 9.17) is 0 Å². The molecule has 0 unspecified atom stereocenters. The molecule has 0 fully saturated rings. The molecule has 4 aromatic rings. The molecule has 0 saturated heterocycles. The van der Waals surface area contributed by atoms with Crippen molar-refractivity contribution in [3.8, 4) is 11.3 Å². The first-order chi connectivity index (χ1) is 12.1. The van der Waals surface area contributed by atoms with Gasteiger partial charge in [0.25, 0.3) is 5.91 Å². The van der Waals surface area contributed by atoms with Crippen LogP contribution in [0.5, 0.6) is 0 Å². The van der Waals surface area contributed by atoms with Crippen molar-refractivity contribution in [2.45, 2.75) is 6.92 Å². The van der Waals surface area contributed by atoms with Gasteiger partial charge in [0.15, 0.2) is 5.13 Å². The van der Waals surface area contributed by atoms with E-state index in [9.17, 15) is 9.18 Å². The molecule has 25 heavy (non-hydrogen) atoms. The van der Waals surface area contributed by atoms with E-state index in [1.165, 1.54) is 23.5 Å². The zero-order valence-electron chi connectivity index (χ0n) is 13.2. The SMILES string of the molecule is Cc1ccc2nc(NC(=O)c3cc(-c4ccc(F)cc4)n[nH]3)sc2c1. The molecule has 0 atom stereocenters. The number of carbonyl (C=O) groups excluding carboxylic acids is 1. The van der Waals surface area contributed by atoms with Gasteiger partial charge < -0.3 is 0 Å². The largest absolute Gasteiger partial charge is 0.296 e. The molecule has 0 spiro atoms. The highest BCUT2D eigenvalue weighted by Gasteiger charge is 2.13. The molecule has 4 rings (SSSR count). The Bertz CT molecular complexity index is 1070. The zero-order chi connectivity index (χ0) is 17.4. The van der Waals surface area contributed by atoms with E-state index in [-0.39, 0.29) is 11.7 Å². The van der Waals surface area contributed by atoms with Crippen LogP contribution in [0.3, 0.4) is 0 Å². The van der Waals surface area contributed by atoms with E-state index in [0.717, 1.165) is 21.3 Å². The molecule has 2 aromatic carbocycles. The Morgan fingerprint density at radius 2 is 1.96 bits per heavy atom. The van der Waals surface area contributed by atoms with Crippen molar-refractivity contribution >= 4 is 32.6 Å². The lowest BCUT2D eigenvalue weighted by molar-refractivity contribution is 0.102. The smallest absolute Gasteiger partial charge is 0.275 e. The van der Waals surface area contributed by atoms with Gasteiger partial charge in [-0.2, -0.15) is 5.10 Å². The zero-order valence-corrected chi connectivity index (χ0v) is 14.0. The van der Waals surface area contributed by atoms with Crippen molar-refractivity contribution in [1.29, 1.82) is 0 Å². The monoisotopic (exact) mass is 352 g/mol. The molecule has 2 aromatic heterocycles. The Labute approximate surface area is 146 Å². The number of nitrogens with one attached hydrogen (secondary N) is 2. The van der Waals surface area contributed by atoms with Gasteiger partial charge in [0.1, 0.15) is 11.5 Å². The molecule has 1 amide bonds. The van der Waals surface area contributed by atoms with Gasteiger partial charge in [-0.15, -0.1) is 0 Å². The van der Waals surface area contributed by atoms with Crippen LogP contribution in [0.1, 0.15) is 16.1 Å². The predicted molar refractivity (Wildman–Crippen MR) is 96.3 cm³/mol. The summed E-state index contributed by atoms with van der Waals surface area (Å²) < 4.78 is 14.0. The third kappa shape index (κ3) is 3.14. The maximum absolute atomic E-state index is 13.0. The van der Waals surface area contributed by atoms with Crippen LogP contribution in [0.25, 0.3) is 21.5 Å². The topological polar surface area (TPSA) is 70.7 Å². The second-order valence-corrected chi connectivity index (χ2v) is 6.65. The number of halogens is 1. The number of hydrogen-bond acceptors (Lipinski definition) is 4. The number of H-pyrrole nitrogens is 1. The summed E-state index contributed by atoms with van der Waals surface area (Å²) in [6.07, 6.45) is 0. The minimum atomic E-state index is -0.323. The minimum Gasteiger partial charge on any atom is -0.296 e. The molecule has 0 saturated carbocycles. The molecule has 0 aliphatic carbocycles. The number of anilines is 1. The van der Waals surface area contributed by atoms with Gasteiger partial charge in [-0.1, -0.05) is 17.4 Å². The lowest BCUT2D eigenvalue weighted by Crippen LogP contribution is -2.11. The van der Waals surface area contributed by atoms with E-state index in [1.807, 2.05) is 25.1 Å². The van der Waals surface area contributed by atoms with Gasteiger partial charge in [-0.05, 0) is 55.0 Å². The lowest BCUT2D eigenvalue weighted by Gasteiger charge is -1.97. The van der Waals surface area contributed by atoms with Crippen molar-refractivity contribution in [3.05, 3.63) is 65.6 Å². The summed E-state index contributed by atoms with van der Waals surface area (Å²) in [7, 11) is 0. The first kappa shape index (κ1) is 15.5. The van der Waals surface area contributed by atoms with Crippen molar-refractivity contribution in [1.82, 2.24) is 15.2 Å². The Morgan fingerprint density at radius 3 is 2.76 bits per heavy atom. The van der Waals surface area contributed by atoms with Gasteiger partial charge in [-0.25, -0.2) is 9.37 Å². The summed E-state index contributed by atoms with van der Waals surface area (Å²) in [5.41, 5.74) is 3.61. The Kier molecular flexibility index (Phi) is 3.77. The van der Waals surface area contributed by atoms with E-state index in [0.29, 0.717) is 16.5 Å². The first-order valence-corrected chi connectivity index (χ1v) is 8.40. The predicted octanol–water partition coefficient (Wildman–Crippen LogP) is 4.39. The van der Waals surface area contributed by atoms with Gasteiger partial charge >= 0.3 is 0 Å². The number of fused-ring (bicyclic) bond motifs is 1. The van der Waals surface area contributed by atoms with E-state index >= 15 is 0 Å². The Hall–Kier alpha value is -3.06. The Balaban J connectivity index is 1.55. The number of thiazole rings is 1. The fourth-order valence-electron chi connectivity index (χ4n) is 2.46. The highest BCUT2D eigenvalue weighted by atomic mass is 32.1. The van der Waals surface area contributed by atoms with Crippen LogP contribution in [0.15, 0.2) is 48.5 Å². The fourth-order valence-corrected chi connectivity index (χ4v) is 3.42. The number of amides is 1. The molecular weight excluding hydrogens is 339 g/mol. The Morgan fingerprint density at radius 1 is 1.16 bits per heavy atom. The van der Waals surface area contributed by atoms with Crippen LogP contribution in [0, 0.1) is 12.7 Å². The van der Waals surface area contributed by atoms with Gasteiger partial charge in [0.2, 0.25) is 0 Å².